The maximum absolute atomic E-state index is 11.5. The van der Waals surface area contributed by atoms with Crippen molar-refractivity contribution in [2.75, 3.05) is 0 Å². The quantitative estimate of drug-likeness (QED) is 0.944. The second-order valence-electron chi connectivity index (χ2n) is 4.27. The summed E-state index contributed by atoms with van der Waals surface area (Å²) in [4.78, 5) is 11.5. The van der Waals surface area contributed by atoms with Crippen molar-refractivity contribution in [3.8, 4) is 11.6 Å². The number of rotatable bonds is 3. The molecule has 1 aromatic carbocycles. The topological polar surface area (TPSA) is 70.1 Å². The molecule has 0 atom stereocenters. The highest BCUT2D eigenvalue weighted by Crippen LogP contribution is 2.30. The molecule has 2 aromatic rings. The van der Waals surface area contributed by atoms with Crippen LogP contribution in [0.4, 0.5) is 0 Å². The van der Waals surface area contributed by atoms with Crippen LogP contribution in [-0.4, -0.2) is 15.7 Å². The summed E-state index contributed by atoms with van der Waals surface area (Å²) < 4.78 is 8.26. The number of halogens is 1. The molecule has 2 rings (SSSR count). The third kappa shape index (κ3) is 2.63. The average molecular weight is 324 g/mol. The second-order valence-corrected chi connectivity index (χ2v) is 5.18. The standard InChI is InChI=1S/C13H14BrN3O2/c1-7-6-9(14)4-5-10(7)19-13-11(12(15)18)8(2)16-17(13)3/h4-6H,1-3H3,(H2,15,18). The molecule has 5 nitrogen and oxygen atoms in total. The molecule has 1 heterocycles. The number of benzene rings is 1. The molecule has 0 saturated heterocycles. The Morgan fingerprint density at radius 3 is 2.68 bits per heavy atom. The maximum atomic E-state index is 11.5. The van der Waals surface area contributed by atoms with Crippen molar-refractivity contribution >= 4 is 21.8 Å². The lowest BCUT2D eigenvalue weighted by atomic mass is 10.2. The molecule has 0 radical (unpaired) electrons. The third-order valence-electron chi connectivity index (χ3n) is 2.76. The van der Waals surface area contributed by atoms with Crippen LogP contribution in [0.2, 0.25) is 0 Å². The molecule has 0 aliphatic rings. The van der Waals surface area contributed by atoms with Crippen LogP contribution in [-0.2, 0) is 7.05 Å². The molecule has 0 saturated carbocycles. The Hall–Kier alpha value is -1.82. The lowest BCUT2D eigenvalue weighted by Gasteiger charge is -2.10. The summed E-state index contributed by atoms with van der Waals surface area (Å²) in [6, 6.07) is 5.63. The molecule has 6 heteroatoms. The van der Waals surface area contributed by atoms with E-state index in [2.05, 4.69) is 21.0 Å². The second kappa shape index (κ2) is 5.05. The number of aromatic nitrogens is 2. The zero-order valence-corrected chi connectivity index (χ0v) is 12.5. The summed E-state index contributed by atoms with van der Waals surface area (Å²) in [6.07, 6.45) is 0. The van der Waals surface area contributed by atoms with Crippen LogP contribution < -0.4 is 10.5 Å². The van der Waals surface area contributed by atoms with Gasteiger partial charge >= 0.3 is 0 Å². The molecule has 2 N–H and O–H groups in total. The van der Waals surface area contributed by atoms with Gasteiger partial charge in [-0.25, -0.2) is 4.68 Å². The number of nitrogens with zero attached hydrogens (tertiary/aromatic N) is 2. The average Bonchev–Trinajstić information content (AvgIpc) is 2.57. The summed E-state index contributed by atoms with van der Waals surface area (Å²) in [5.74, 6) is 0.472. The number of carbonyl (C=O) groups excluding carboxylic acids is 1. The van der Waals surface area contributed by atoms with Gasteiger partial charge in [-0.1, -0.05) is 15.9 Å². The van der Waals surface area contributed by atoms with Crippen molar-refractivity contribution in [3.05, 3.63) is 39.5 Å². The number of hydrogen-bond donors (Lipinski definition) is 1. The van der Waals surface area contributed by atoms with E-state index >= 15 is 0 Å². The van der Waals surface area contributed by atoms with E-state index in [0.717, 1.165) is 10.0 Å². The highest BCUT2D eigenvalue weighted by atomic mass is 79.9. The molecular formula is C13H14BrN3O2. The lowest BCUT2D eigenvalue weighted by molar-refractivity contribution is 0.0997. The predicted molar refractivity (Wildman–Crippen MR) is 75.4 cm³/mol. The zero-order valence-electron chi connectivity index (χ0n) is 10.9. The first-order chi connectivity index (χ1) is 8.90. The van der Waals surface area contributed by atoms with Crippen molar-refractivity contribution in [3.63, 3.8) is 0 Å². The van der Waals surface area contributed by atoms with Crippen molar-refractivity contribution < 1.29 is 9.53 Å². The number of ether oxygens (including phenoxy) is 1. The van der Waals surface area contributed by atoms with Gasteiger partial charge in [0, 0.05) is 11.5 Å². The Labute approximate surface area is 119 Å². The van der Waals surface area contributed by atoms with Crippen molar-refractivity contribution in [1.82, 2.24) is 9.78 Å². The van der Waals surface area contributed by atoms with Crippen molar-refractivity contribution in [2.45, 2.75) is 13.8 Å². The number of amides is 1. The van der Waals surface area contributed by atoms with E-state index in [-0.39, 0.29) is 0 Å². The minimum absolute atomic E-state index is 0.310. The first-order valence-electron chi connectivity index (χ1n) is 5.67. The number of aryl methyl sites for hydroxylation is 3. The highest BCUT2D eigenvalue weighted by molar-refractivity contribution is 9.10. The summed E-state index contributed by atoms with van der Waals surface area (Å²) >= 11 is 3.39. The number of primary amides is 1. The summed E-state index contributed by atoms with van der Waals surface area (Å²) in [6.45, 7) is 3.65. The summed E-state index contributed by atoms with van der Waals surface area (Å²) in [7, 11) is 1.71. The van der Waals surface area contributed by atoms with Crippen molar-refractivity contribution in [1.29, 1.82) is 0 Å². The van der Waals surface area contributed by atoms with Crippen LogP contribution in [0.25, 0.3) is 0 Å². The van der Waals surface area contributed by atoms with Gasteiger partial charge in [-0.05, 0) is 37.6 Å². The monoisotopic (exact) mass is 323 g/mol. The van der Waals surface area contributed by atoms with Gasteiger partial charge in [-0.2, -0.15) is 5.10 Å². The fourth-order valence-electron chi connectivity index (χ4n) is 1.87. The van der Waals surface area contributed by atoms with Crippen molar-refractivity contribution in [2.24, 2.45) is 12.8 Å². The molecule has 0 aliphatic carbocycles. The lowest BCUT2D eigenvalue weighted by Crippen LogP contribution is -2.13. The normalized spacial score (nSPS) is 10.5. The van der Waals surface area contributed by atoms with Crippen LogP contribution in [0.5, 0.6) is 11.6 Å². The van der Waals surface area contributed by atoms with E-state index in [1.165, 1.54) is 4.68 Å². The SMILES string of the molecule is Cc1cc(Br)ccc1Oc1c(C(N)=O)c(C)nn1C. The molecule has 0 aliphatic heterocycles. The fraction of sp³-hybridized carbons (Fsp3) is 0.231. The Kier molecular flexibility index (Phi) is 3.61. The first kappa shape index (κ1) is 13.6. The molecule has 0 unspecified atom stereocenters. The predicted octanol–water partition coefficient (Wildman–Crippen LogP) is 2.69. The number of nitrogens with two attached hydrogens (primary N) is 1. The molecule has 1 aromatic heterocycles. The van der Waals surface area contributed by atoms with Gasteiger partial charge in [0.2, 0.25) is 5.88 Å². The first-order valence-corrected chi connectivity index (χ1v) is 6.47. The van der Waals surface area contributed by atoms with Gasteiger partial charge in [0.1, 0.15) is 11.3 Å². The van der Waals surface area contributed by atoms with Gasteiger partial charge in [0.05, 0.1) is 5.69 Å². The fourth-order valence-corrected chi connectivity index (χ4v) is 2.34. The van der Waals surface area contributed by atoms with Crippen LogP contribution in [0.3, 0.4) is 0 Å². The minimum Gasteiger partial charge on any atom is -0.438 e. The van der Waals surface area contributed by atoms with Crippen LogP contribution in [0, 0.1) is 13.8 Å². The number of hydrogen-bond acceptors (Lipinski definition) is 3. The Balaban J connectivity index is 2.46. The molecule has 19 heavy (non-hydrogen) atoms. The summed E-state index contributed by atoms with van der Waals surface area (Å²) in [5.41, 5.74) is 7.18. The molecule has 0 fully saturated rings. The van der Waals surface area contributed by atoms with Gasteiger partial charge in [0.15, 0.2) is 0 Å². The Morgan fingerprint density at radius 1 is 1.42 bits per heavy atom. The van der Waals surface area contributed by atoms with E-state index in [0.29, 0.717) is 22.9 Å². The van der Waals surface area contributed by atoms with E-state index in [9.17, 15) is 4.79 Å². The molecule has 1 amide bonds. The summed E-state index contributed by atoms with van der Waals surface area (Å²) in [5, 5.41) is 4.16. The largest absolute Gasteiger partial charge is 0.438 e. The zero-order chi connectivity index (χ0) is 14.2. The Morgan fingerprint density at radius 2 is 2.11 bits per heavy atom. The van der Waals surface area contributed by atoms with E-state index in [1.54, 1.807) is 14.0 Å². The molecule has 100 valence electrons. The maximum Gasteiger partial charge on any atom is 0.256 e. The van der Waals surface area contributed by atoms with Crippen LogP contribution >= 0.6 is 15.9 Å². The Bertz CT molecular complexity index is 650. The number of carbonyl (C=O) groups is 1. The smallest absolute Gasteiger partial charge is 0.256 e. The molecule has 0 spiro atoms. The van der Waals surface area contributed by atoms with Gasteiger partial charge in [-0.15, -0.1) is 0 Å². The van der Waals surface area contributed by atoms with E-state index in [1.807, 2.05) is 25.1 Å². The third-order valence-corrected chi connectivity index (χ3v) is 3.25. The molecular weight excluding hydrogens is 310 g/mol. The van der Waals surface area contributed by atoms with E-state index in [4.69, 9.17) is 10.5 Å². The van der Waals surface area contributed by atoms with Gasteiger partial charge < -0.3 is 10.5 Å². The van der Waals surface area contributed by atoms with Crippen LogP contribution in [0.15, 0.2) is 22.7 Å². The van der Waals surface area contributed by atoms with Gasteiger partial charge in [0.25, 0.3) is 5.91 Å². The minimum atomic E-state index is -0.546. The van der Waals surface area contributed by atoms with E-state index < -0.39 is 5.91 Å². The van der Waals surface area contributed by atoms with Gasteiger partial charge in [-0.3, -0.25) is 4.79 Å². The molecule has 0 bridgehead atoms. The highest BCUT2D eigenvalue weighted by Gasteiger charge is 2.20. The van der Waals surface area contributed by atoms with Crippen LogP contribution in [0.1, 0.15) is 21.6 Å².